The molecule has 2 N–H and O–H groups in total. The van der Waals surface area contributed by atoms with Crippen molar-refractivity contribution in [1.82, 2.24) is 14.7 Å². The van der Waals surface area contributed by atoms with E-state index in [2.05, 4.69) is 19.8 Å². The van der Waals surface area contributed by atoms with Gasteiger partial charge < -0.3 is 34.7 Å². The number of ketones is 1. The van der Waals surface area contributed by atoms with Gasteiger partial charge in [-0.2, -0.15) is 26.3 Å². The average Bonchev–Trinajstić information content (AvgIpc) is 3.24. The lowest BCUT2D eigenvalue weighted by Crippen LogP contribution is -2.41. The van der Waals surface area contributed by atoms with Crippen LogP contribution in [0.3, 0.4) is 0 Å². The maximum Gasteiger partial charge on any atom is 0.430 e. The molecule has 12 nitrogen and oxygen atoms in total. The van der Waals surface area contributed by atoms with Crippen molar-refractivity contribution in [2.24, 2.45) is 0 Å². The highest BCUT2D eigenvalue weighted by Crippen LogP contribution is 2.40. The van der Waals surface area contributed by atoms with Crippen molar-refractivity contribution in [1.29, 1.82) is 0 Å². The minimum atomic E-state index is -5.19. The Morgan fingerprint density at radius 2 is 1.70 bits per heavy atom. The molecule has 1 aliphatic heterocycles. The zero-order valence-electron chi connectivity index (χ0n) is 24.1. The Kier molecular flexibility index (Phi) is 10.2. The van der Waals surface area contributed by atoms with E-state index in [1.54, 1.807) is 7.11 Å². The van der Waals surface area contributed by atoms with Crippen molar-refractivity contribution in [3.63, 3.8) is 0 Å². The van der Waals surface area contributed by atoms with E-state index in [4.69, 9.17) is 25.1 Å². The molecule has 3 heterocycles. The largest absolute Gasteiger partial charge is 0.542 e. The summed E-state index contributed by atoms with van der Waals surface area (Å²) in [6, 6.07) is 6.35. The second-order valence-electron chi connectivity index (χ2n) is 10.5. The number of aromatic nitrogens is 4. The van der Waals surface area contributed by atoms with E-state index in [9.17, 15) is 31.1 Å². The number of ether oxygens (including phenoxy) is 3. The van der Waals surface area contributed by atoms with Crippen molar-refractivity contribution in [3.05, 3.63) is 35.4 Å². The molecule has 3 aromatic rings. The third-order valence-electron chi connectivity index (χ3n) is 6.16. The fraction of sp³-hybridized carbons (Fsp3) is 0.500. The molecule has 4 rings (SSSR count). The highest BCUT2D eigenvalue weighted by Gasteiger charge is 2.31. The summed E-state index contributed by atoms with van der Waals surface area (Å²) < 4.78 is 87.5. The van der Waals surface area contributed by atoms with Crippen LogP contribution in [0.25, 0.3) is 5.65 Å². The smallest absolute Gasteiger partial charge is 0.430 e. The summed E-state index contributed by atoms with van der Waals surface area (Å²) in [5, 5.41) is 16.9. The number of methoxy groups -OCH3 is 1. The summed E-state index contributed by atoms with van der Waals surface area (Å²) in [4.78, 5) is 24.4. The zero-order valence-corrected chi connectivity index (χ0v) is 24.1. The van der Waals surface area contributed by atoms with Gasteiger partial charge in [-0.1, -0.05) is 25.3 Å². The molecule has 1 aliphatic rings. The van der Waals surface area contributed by atoms with Crippen LogP contribution in [0.1, 0.15) is 36.7 Å². The van der Waals surface area contributed by atoms with E-state index < -0.39 is 24.9 Å². The Morgan fingerprint density at radius 3 is 2.23 bits per heavy atom. The van der Waals surface area contributed by atoms with Crippen LogP contribution in [-0.4, -0.2) is 78.8 Å². The number of aliphatic carboxylic acids is 1. The molecule has 1 fully saturated rings. The molecule has 0 amide bonds. The molecular formula is C26H30F6N6O6. The number of carbonyl (C=O) groups is 2. The fourth-order valence-electron chi connectivity index (χ4n) is 4.14. The van der Waals surface area contributed by atoms with Crippen LogP contribution in [0.2, 0.25) is 0 Å². The maximum atomic E-state index is 13.5. The number of fused-ring (bicyclic) bond motifs is 1. The van der Waals surface area contributed by atoms with Crippen molar-refractivity contribution < 1.29 is 59.9 Å². The average molecular weight is 637 g/mol. The van der Waals surface area contributed by atoms with Gasteiger partial charge in [-0.05, 0) is 27.7 Å². The number of carboxylic acid groups (broad SMARTS) is 1. The highest BCUT2D eigenvalue weighted by molar-refractivity contribution is 5.97. The lowest BCUT2D eigenvalue weighted by Gasteiger charge is -2.33. The van der Waals surface area contributed by atoms with Gasteiger partial charge >= 0.3 is 23.9 Å². The Balaban J connectivity index is 0.000000676. The Labute approximate surface area is 246 Å². The van der Waals surface area contributed by atoms with Gasteiger partial charge in [-0.25, -0.2) is 0 Å². The van der Waals surface area contributed by atoms with Gasteiger partial charge in [0.2, 0.25) is 5.78 Å². The minimum absolute atomic E-state index is 0.0978. The first-order valence-electron chi connectivity index (χ1n) is 12.9. The van der Waals surface area contributed by atoms with E-state index in [1.165, 1.54) is 16.8 Å². The minimum Gasteiger partial charge on any atom is -0.542 e. The second-order valence-corrected chi connectivity index (χ2v) is 10.5. The third-order valence-corrected chi connectivity index (χ3v) is 6.16. The van der Waals surface area contributed by atoms with Crippen LogP contribution in [0.5, 0.6) is 11.6 Å². The van der Waals surface area contributed by atoms with Crippen LogP contribution in [0, 0.1) is 0 Å². The summed E-state index contributed by atoms with van der Waals surface area (Å²) >= 11 is 0. The molecule has 0 bridgehead atoms. The predicted octanol–water partition coefficient (Wildman–Crippen LogP) is 1.86. The normalized spacial score (nSPS) is 14.2. The molecule has 2 aromatic heterocycles. The highest BCUT2D eigenvalue weighted by atomic mass is 19.4. The number of benzene rings is 1. The van der Waals surface area contributed by atoms with Gasteiger partial charge in [0.15, 0.2) is 13.2 Å². The summed E-state index contributed by atoms with van der Waals surface area (Å²) in [7, 11) is 1.62. The fourth-order valence-corrected chi connectivity index (χ4v) is 4.14. The number of nitrogen functional groups attached to an aromatic ring is 1. The SMILES string of the molecule is COc1c(N2CCOCC2)cc(C(=O)C[n+]2nc(N)n3nc(OCC(F)(F)F)ccc32)cc1C(C)(C)C.O=C([O-])C(F)(F)F. The number of halogens is 6. The number of anilines is 2. The lowest BCUT2D eigenvalue weighted by atomic mass is 9.84. The van der Waals surface area contributed by atoms with Crippen molar-refractivity contribution in [2.75, 3.05) is 50.7 Å². The molecular weight excluding hydrogens is 606 g/mol. The summed E-state index contributed by atoms with van der Waals surface area (Å²) in [6.45, 7) is 6.96. The van der Waals surface area contributed by atoms with Crippen molar-refractivity contribution >= 4 is 29.0 Å². The van der Waals surface area contributed by atoms with Crippen LogP contribution < -0.4 is 29.9 Å². The van der Waals surface area contributed by atoms with Crippen LogP contribution in [0.4, 0.5) is 38.0 Å². The number of hydrogen-bond donors (Lipinski definition) is 1. The predicted molar refractivity (Wildman–Crippen MR) is 139 cm³/mol. The van der Waals surface area contributed by atoms with Gasteiger partial charge in [-0.15, -0.1) is 4.68 Å². The molecule has 0 aliphatic carbocycles. The van der Waals surface area contributed by atoms with Crippen molar-refractivity contribution in [3.8, 4) is 11.6 Å². The summed E-state index contributed by atoms with van der Waals surface area (Å²) in [5.74, 6) is -2.89. The van der Waals surface area contributed by atoms with Gasteiger partial charge in [-0.3, -0.25) is 4.79 Å². The molecule has 0 unspecified atom stereocenters. The maximum absolute atomic E-state index is 13.5. The van der Waals surface area contributed by atoms with E-state index in [0.717, 1.165) is 15.8 Å². The summed E-state index contributed by atoms with van der Waals surface area (Å²) in [6.07, 6.45) is -9.70. The molecule has 44 heavy (non-hydrogen) atoms. The number of Topliss-reactive ketones (excluding diaryl/α,β-unsaturated/α-hetero) is 1. The molecule has 1 saturated heterocycles. The van der Waals surface area contributed by atoms with Gasteiger partial charge in [0.1, 0.15) is 11.7 Å². The molecule has 0 spiro atoms. The van der Waals surface area contributed by atoms with Gasteiger partial charge in [0.25, 0.3) is 5.88 Å². The van der Waals surface area contributed by atoms with Gasteiger partial charge in [0.05, 0.1) is 26.0 Å². The number of rotatable bonds is 7. The van der Waals surface area contributed by atoms with Crippen molar-refractivity contribution in [2.45, 2.75) is 45.1 Å². The molecule has 242 valence electrons. The van der Waals surface area contributed by atoms with E-state index in [0.29, 0.717) is 43.3 Å². The Bertz CT molecular complexity index is 1500. The van der Waals surface area contributed by atoms with Gasteiger partial charge in [0, 0.05) is 36.3 Å². The zero-order chi connectivity index (χ0) is 33.0. The first-order chi connectivity index (χ1) is 20.3. The topological polar surface area (TPSA) is 148 Å². The van der Waals surface area contributed by atoms with E-state index >= 15 is 0 Å². The molecule has 0 radical (unpaired) electrons. The van der Waals surface area contributed by atoms with Crippen LogP contribution in [0.15, 0.2) is 24.3 Å². The number of hydrogen-bond acceptors (Lipinski definition) is 10. The molecule has 18 heteroatoms. The van der Waals surface area contributed by atoms with E-state index in [1.807, 2.05) is 32.9 Å². The van der Waals surface area contributed by atoms with E-state index in [-0.39, 0.29) is 29.6 Å². The van der Waals surface area contributed by atoms with Crippen LogP contribution >= 0.6 is 0 Å². The molecule has 0 saturated carbocycles. The number of morpholine rings is 1. The number of carboxylic acids is 1. The summed E-state index contributed by atoms with van der Waals surface area (Å²) in [5.41, 5.74) is 8.11. The third kappa shape index (κ3) is 8.61. The molecule has 0 atom stereocenters. The quantitative estimate of drug-likeness (QED) is 0.232. The standard InChI is InChI=1S/C24H30F3N6O4.C2HF3O2/c1-23(2,3)16-11-15(12-17(21(16)35-4)31-7-9-36-10-8-31)18(34)13-32-20-6-5-19(37-14-24(25,26)27)29-33(20)22(28)30-32;3-2(4,5)1(6)7/h5-6,11-12H,7-10,13-14H2,1-4H3,(H2,28,30);(H,6,7)/q+1;/p-1. The number of nitrogens with two attached hydrogens (primary N) is 1. The Hall–Kier alpha value is -4.35. The second kappa shape index (κ2) is 13.1. The Morgan fingerprint density at radius 1 is 1.09 bits per heavy atom. The number of nitrogens with zero attached hydrogens (tertiary/aromatic N) is 5. The lowest BCUT2D eigenvalue weighted by molar-refractivity contribution is -0.714. The first kappa shape index (κ1) is 34.1. The monoisotopic (exact) mass is 636 g/mol. The molecule has 1 aromatic carbocycles. The van der Waals surface area contributed by atoms with Crippen LogP contribution in [-0.2, 0) is 21.5 Å². The first-order valence-corrected chi connectivity index (χ1v) is 12.9. The number of alkyl halides is 6. The number of carbonyl (C=O) groups excluding carboxylic acids is 2.